The van der Waals surface area contributed by atoms with E-state index in [-0.39, 0.29) is 0 Å². The number of allylic oxidation sites excluding steroid dienone is 2. The van der Waals surface area contributed by atoms with Gasteiger partial charge in [0.2, 0.25) is 0 Å². The summed E-state index contributed by atoms with van der Waals surface area (Å²) in [5.74, 6) is 0. The summed E-state index contributed by atoms with van der Waals surface area (Å²) >= 11 is 0. The maximum Gasteiger partial charge on any atom is 0.737 e. The molecule has 0 aromatic carbocycles. The second-order valence-electron chi connectivity index (χ2n) is 5.93. The zero-order valence-corrected chi connectivity index (χ0v) is 13.3. The fourth-order valence-electron chi connectivity index (χ4n) is 3.64. The monoisotopic (exact) mass is 314 g/mol. The molecule has 0 saturated heterocycles. The van der Waals surface area contributed by atoms with Crippen molar-refractivity contribution in [3.63, 3.8) is 0 Å². The number of rotatable bonds is 2. The molecule has 0 spiro atoms. The predicted molar refractivity (Wildman–Crippen MR) is 86.7 cm³/mol. The van der Waals surface area contributed by atoms with Crippen LogP contribution in [0.3, 0.4) is 0 Å². The molecule has 2 aromatic rings. The van der Waals surface area contributed by atoms with Crippen molar-refractivity contribution in [2.24, 2.45) is 0 Å². The summed E-state index contributed by atoms with van der Waals surface area (Å²) < 4.78 is 33.6. The molecular weight excluding hydrogens is 297 g/mol. The van der Waals surface area contributed by atoms with Gasteiger partial charge in [-0.3, -0.25) is 4.68 Å². The predicted octanol–water partition coefficient (Wildman–Crippen LogP) is 2.97. The number of halogens is 2. The van der Waals surface area contributed by atoms with Gasteiger partial charge in [-0.1, -0.05) is 0 Å². The van der Waals surface area contributed by atoms with Gasteiger partial charge in [0, 0.05) is 35.6 Å². The van der Waals surface area contributed by atoms with Gasteiger partial charge in [-0.15, -0.1) is 0 Å². The van der Waals surface area contributed by atoms with Crippen molar-refractivity contribution in [3.8, 4) is 0 Å². The minimum absolute atomic E-state index is 0.544. The molecule has 0 bridgehead atoms. The van der Waals surface area contributed by atoms with Gasteiger partial charge in [-0.05, 0) is 39.1 Å². The van der Waals surface area contributed by atoms with Crippen LogP contribution < -0.4 is 0 Å². The lowest BCUT2D eigenvalue weighted by Gasteiger charge is -2.30. The molecule has 2 aliphatic rings. The maximum atomic E-state index is 14.8. The molecule has 0 aliphatic carbocycles. The van der Waals surface area contributed by atoms with Crippen LogP contribution in [0.4, 0.5) is 8.63 Å². The first-order chi connectivity index (χ1) is 11.0. The highest BCUT2D eigenvalue weighted by molar-refractivity contribution is 6.57. The summed E-state index contributed by atoms with van der Waals surface area (Å²) in [6.45, 7) is 2.85. The molecule has 118 valence electrons. The fourth-order valence-corrected chi connectivity index (χ4v) is 3.64. The molecule has 4 rings (SSSR count). The van der Waals surface area contributed by atoms with Gasteiger partial charge in [0.1, 0.15) is 6.21 Å². The quantitative estimate of drug-likeness (QED) is 0.783. The third kappa shape index (κ3) is 1.70. The summed E-state index contributed by atoms with van der Waals surface area (Å²) in [6, 6.07) is 3.43. The van der Waals surface area contributed by atoms with Crippen molar-refractivity contribution >= 4 is 18.8 Å². The lowest BCUT2D eigenvalue weighted by Crippen LogP contribution is -2.49. The average molecular weight is 314 g/mol. The number of hydrogen-bond acceptors (Lipinski definition) is 1. The van der Waals surface area contributed by atoms with E-state index >= 15 is 0 Å². The van der Waals surface area contributed by atoms with Gasteiger partial charge in [0.15, 0.2) is 5.70 Å². The minimum Gasteiger partial charge on any atom is -0.396 e. The molecule has 4 nitrogen and oxygen atoms in total. The minimum atomic E-state index is -3.85. The fraction of sp³-hybridized carbons (Fsp3) is 0.250. The standard InChI is InChI=1S/C16H17BF2N4/c1-4-23-12(3)15(11(2)20-23)16-13-7-5-9-21(13)17(18,19)22-10-6-8-14(16)22/h5-10H,4H2,1-3H3. The third-order valence-electron chi connectivity index (χ3n) is 4.67. The summed E-state index contributed by atoms with van der Waals surface area (Å²) in [5.41, 5.74) is 4.71. The van der Waals surface area contributed by atoms with Crippen molar-refractivity contribution < 1.29 is 13.1 Å². The van der Waals surface area contributed by atoms with E-state index in [9.17, 15) is 8.63 Å². The molecular formula is C16H17BF2N4. The molecule has 2 aromatic heterocycles. The number of hydrogen-bond donors (Lipinski definition) is 0. The van der Waals surface area contributed by atoms with Crippen molar-refractivity contribution in [2.75, 3.05) is 0 Å². The van der Waals surface area contributed by atoms with E-state index in [1.807, 2.05) is 25.5 Å². The zero-order chi connectivity index (χ0) is 16.4. The zero-order valence-electron chi connectivity index (χ0n) is 13.3. The molecule has 0 atom stereocenters. The molecule has 4 heterocycles. The summed E-state index contributed by atoms with van der Waals surface area (Å²) in [5, 5.41) is 4.55. The lowest BCUT2D eigenvalue weighted by molar-refractivity contribution is -0.356. The Kier molecular flexibility index (Phi) is 2.79. The van der Waals surface area contributed by atoms with Crippen LogP contribution in [-0.2, 0) is 6.54 Å². The summed E-state index contributed by atoms with van der Waals surface area (Å²) in [7, 11) is 0. The van der Waals surface area contributed by atoms with Crippen LogP contribution in [0.2, 0.25) is 0 Å². The Labute approximate surface area is 133 Å². The van der Waals surface area contributed by atoms with Gasteiger partial charge < -0.3 is 17.6 Å². The van der Waals surface area contributed by atoms with Gasteiger partial charge in [-0.25, -0.2) is 0 Å². The van der Waals surface area contributed by atoms with Crippen LogP contribution in [0.5, 0.6) is 0 Å². The second kappa shape index (κ2) is 4.53. The van der Waals surface area contributed by atoms with Crippen molar-refractivity contribution in [2.45, 2.75) is 27.3 Å². The SMILES string of the molecule is CCn1nc(C)c(C2=C3C=CC=[N+]3[B-](F)(F)n3cccc32)c1C. The average Bonchev–Trinajstić information content (AvgIpc) is 3.21. The molecule has 0 unspecified atom stereocenters. The van der Waals surface area contributed by atoms with E-state index in [1.54, 1.807) is 24.3 Å². The highest BCUT2D eigenvalue weighted by Gasteiger charge is 2.51. The van der Waals surface area contributed by atoms with E-state index in [0.717, 1.165) is 38.0 Å². The molecule has 0 amide bonds. The number of nitrogens with zero attached hydrogens (tertiary/aromatic N) is 4. The molecule has 0 N–H and O–H groups in total. The van der Waals surface area contributed by atoms with Gasteiger partial charge in [0.05, 0.1) is 11.3 Å². The molecule has 0 saturated carbocycles. The second-order valence-corrected chi connectivity index (χ2v) is 5.93. The van der Waals surface area contributed by atoms with Gasteiger partial charge >= 0.3 is 6.97 Å². The van der Waals surface area contributed by atoms with E-state index in [2.05, 4.69) is 5.10 Å². The molecule has 23 heavy (non-hydrogen) atoms. The maximum absolute atomic E-state index is 14.8. The van der Waals surface area contributed by atoms with Crippen LogP contribution in [0.15, 0.2) is 36.2 Å². The third-order valence-corrected chi connectivity index (χ3v) is 4.67. The molecule has 0 radical (unpaired) electrons. The van der Waals surface area contributed by atoms with E-state index < -0.39 is 6.97 Å². The normalized spacial score (nSPS) is 18.2. The van der Waals surface area contributed by atoms with Crippen LogP contribution in [0.1, 0.15) is 29.6 Å². The van der Waals surface area contributed by atoms with E-state index in [1.165, 1.54) is 12.4 Å². The topological polar surface area (TPSA) is 25.8 Å². The van der Waals surface area contributed by atoms with Crippen LogP contribution >= 0.6 is 0 Å². The Balaban J connectivity index is 2.08. The highest BCUT2D eigenvalue weighted by atomic mass is 19.2. The van der Waals surface area contributed by atoms with Crippen molar-refractivity contribution in [3.05, 3.63) is 58.8 Å². The van der Waals surface area contributed by atoms with Crippen molar-refractivity contribution in [1.29, 1.82) is 0 Å². The Morgan fingerprint density at radius 2 is 2.09 bits per heavy atom. The summed E-state index contributed by atoms with van der Waals surface area (Å²) in [4.78, 5) is 0. The van der Waals surface area contributed by atoms with Crippen molar-refractivity contribution in [1.82, 2.24) is 14.3 Å². The highest BCUT2D eigenvalue weighted by Crippen LogP contribution is 2.40. The number of fused-ring (bicyclic) bond motifs is 2. The first-order valence-electron chi connectivity index (χ1n) is 7.75. The van der Waals surface area contributed by atoms with E-state index in [4.69, 9.17) is 0 Å². The number of aryl methyl sites for hydroxylation is 2. The first kappa shape index (κ1) is 14.2. The Hall–Kier alpha value is -2.44. The largest absolute Gasteiger partial charge is 0.737 e. The smallest absolute Gasteiger partial charge is 0.396 e. The van der Waals surface area contributed by atoms with Gasteiger partial charge in [-0.2, -0.15) is 5.10 Å². The summed E-state index contributed by atoms with van der Waals surface area (Å²) in [6.07, 6.45) is 6.33. The van der Waals surface area contributed by atoms with Crippen LogP contribution in [0, 0.1) is 13.8 Å². The van der Waals surface area contributed by atoms with Gasteiger partial charge in [0.25, 0.3) is 0 Å². The molecule has 2 aliphatic heterocycles. The first-order valence-corrected chi connectivity index (χ1v) is 7.75. The lowest BCUT2D eigenvalue weighted by atomic mass is 9.86. The Morgan fingerprint density at radius 1 is 1.30 bits per heavy atom. The number of aromatic nitrogens is 3. The van der Waals surface area contributed by atoms with E-state index in [0.29, 0.717) is 11.4 Å². The van der Waals surface area contributed by atoms with Crippen LogP contribution in [-0.4, -0.2) is 31.9 Å². The van der Waals surface area contributed by atoms with Crippen LogP contribution in [0.25, 0.3) is 5.57 Å². The Bertz CT molecular complexity index is 915. The molecule has 7 heteroatoms. The Morgan fingerprint density at radius 3 is 2.78 bits per heavy atom. The molecule has 0 fully saturated rings.